The van der Waals surface area contributed by atoms with Crippen LogP contribution in [0.4, 0.5) is 5.82 Å². The molecule has 23 heteroatoms. The fraction of sp³-hybridized carbons (Fsp3) is 0.462. The number of nitrogens with one attached hydrogen (secondary N) is 1. The highest BCUT2D eigenvalue weighted by Gasteiger charge is 2.40. The third-order valence-corrected chi connectivity index (χ3v) is 8.86. The number of hydrogen-bond donors (Lipinski definition) is 6. The van der Waals surface area contributed by atoms with Crippen LogP contribution in [0.5, 0.6) is 0 Å². The van der Waals surface area contributed by atoms with Crippen LogP contribution in [0, 0.1) is 0 Å². The molecule has 0 spiro atoms. The Hall–Kier alpha value is -1.63. The number of hydrogen-bond acceptors (Lipinski definition) is 13. The lowest BCUT2D eigenvalue weighted by Gasteiger charge is -2.19. The van der Waals surface area contributed by atoms with Gasteiger partial charge in [-0.25, -0.2) is 36.8 Å². The van der Waals surface area contributed by atoms with Crippen molar-refractivity contribution in [2.75, 3.05) is 18.3 Å². The van der Waals surface area contributed by atoms with Gasteiger partial charge in [0.05, 0.1) is 18.7 Å². The molecular weight excluding hydrogens is 573 g/mol. The number of sulfonamides is 1. The van der Waals surface area contributed by atoms with E-state index >= 15 is 0 Å². The van der Waals surface area contributed by atoms with Gasteiger partial charge in [-0.3, -0.25) is 14.1 Å². The van der Waals surface area contributed by atoms with Gasteiger partial charge in [-0.05, 0) is 6.08 Å². The van der Waals surface area contributed by atoms with Crippen LogP contribution in [0.3, 0.4) is 0 Å². The van der Waals surface area contributed by atoms with E-state index in [4.69, 9.17) is 14.5 Å². The fourth-order valence-electron chi connectivity index (χ4n) is 3.15. The van der Waals surface area contributed by atoms with Gasteiger partial charge in [0.1, 0.15) is 12.4 Å². The van der Waals surface area contributed by atoms with Crippen molar-refractivity contribution >= 4 is 50.2 Å². The summed E-state index contributed by atoms with van der Waals surface area (Å²) >= 11 is 0. The van der Waals surface area contributed by atoms with Gasteiger partial charge in [0.25, 0.3) is 0 Å². The van der Waals surface area contributed by atoms with Gasteiger partial charge in [-0.1, -0.05) is 0 Å². The van der Waals surface area contributed by atoms with Crippen LogP contribution in [0.15, 0.2) is 24.5 Å². The summed E-state index contributed by atoms with van der Waals surface area (Å²) in [6.45, 7) is 0. The van der Waals surface area contributed by atoms with Crippen molar-refractivity contribution in [2.45, 2.75) is 24.9 Å². The van der Waals surface area contributed by atoms with Crippen LogP contribution in [-0.4, -0.2) is 78.1 Å². The smallest absolute Gasteiger partial charge is 0.388 e. The highest BCUT2D eigenvalue weighted by molar-refractivity contribution is 7.88. The molecule has 0 bridgehead atoms. The number of aliphatic hydroxyl groups excluding tert-OH is 1. The van der Waals surface area contributed by atoms with Gasteiger partial charge < -0.3 is 29.4 Å². The standard InChI is InChI=1S/C13H21N6O13P3S/c1-18(17-36(2,28)29)11-10-12(15-6-14-11)19(7-16-10)13-9(20)5-8(30-13)3-4-33(21,22)31-35(26,27)32-34(23,24)25/h3-4,6-9,13,17,20H,5H2,1-2H3,(H,21,22)(H,26,27)(H2,23,24,25)/b4-3+/t8-,9-,13-/m1/s1. The number of aliphatic hydroxyl groups is 1. The SMILES string of the molecule is CN(NS(C)(=O)=O)c1ncnc2c1ncn2[C@@H]1O[C@H](/C=C/P(=O)(O)OP(=O)(O)OP(=O)(O)O)C[C@H]1O. The Labute approximate surface area is 202 Å². The first-order chi connectivity index (χ1) is 16.4. The average molecular weight is 594 g/mol. The Bertz CT molecular complexity index is 1410. The van der Waals surface area contributed by atoms with Gasteiger partial charge in [-0.15, -0.1) is 4.83 Å². The molecule has 5 atom stereocenters. The highest BCUT2D eigenvalue weighted by atomic mass is 32.2. The molecule has 1 fully saturated rings. The Morgan fingerprint density at radius 2 is 1.86 bits per heavy atom. The molecule has 2 unspecified atom stereocenters. The molecule has 0 aliphatic carbocycles. The zero-order valence-electron chi connectivity index (χ0n) is 18.2. The van der Waals surface area contributed by atoms with Gasteiger partial charge in [0, 0.05) is 19.3 Å². The summed E-state index contributed by atoms with van der Waals surface area (Å²) in [6, 6.07) is 0. The highest BCUT2D eigenvalue weighted by Crippen LogP contribution is 2.66. The zero-order valence-corrected chi connectivity index (χ0v) is 21.7. The van der Waals surface area contributed by atoms with E-state index in [2.05, 4.69) is 28.4 Å². The number of anilines is 1. The second-order valence-corrected chi connectivity index (χ2v) is 13.7. The van der Waals surface area contributed by atoms with E-state index in [1.54, 1.807) is 0 Å². The van der Waals surface area contributed by atoms with E-state index in [0.29, 0.717) is 5.82 Å². The molecule has 6 N–H and O–H groups in total. The second kappa shape index (κ2) is 10.3. The predicted octanol–water partition coefficient (Wildman–Crippen LogP) is -0.699. The summed E-state index contributed by atoms with van der Waals surface area (Å²) in [7, 11) is -18.4. The van der Waals surface area contributed by atoms with Gasteiger partial charge in [0.2, 0.25) is 10.0 Å². The van der Waals surface area contributed by atoms with Gasteiger partial charge >= 0.3 is 23.2 Å². The monoisotopic (exact) mass is 594 g/mol. The number of phosphoric acid groups is 2. The molecule has 1 aliphatic rings. The predicted molar refractivity (Wildman–Crippen MR) is 119 cm³/mol. The molecule has 19 nitrogen and oxygen atoms in total. The van der Waals surface area contributed by atoms with Crippen molar-refractivity contribution in [3.8, 4) is 0 Å². The van der Waals surface area contributed by atoms with E-state index in [9.17, 15) is 37.0 Å². The molecular formula is C13H21N6O13P3S. The fourth-order valence-corrected chi connectivity index (χ4v) is 7.00. The Kier molecular flexibility index (Phi) is 8.25. The Morgan fingerprint density at radius 1 is 1.19 bits per heavy atom. The summed E-state index contributed by atoms with van der Waals surface area (Å²) in [5.41, 5.74) is 0.311. The quantitative estimate of drug-likeness (QED) is 0.146. The Balaban J connectivity index is 1.77. The number of hydrazine groups is 1. The average Bonchev–Trinajstić information content (AvgIpc) is 3.25. The summed E-state index contributed by atoms with van der Waals surface area (Å²) < 4.78 is 71.6. The number of fused-ring (bicyclic) bond motifs is 1. The van der Waals surface area contributed by atoms with Crippen molar-refractivity contribution in [1.29, 1.82) is 0 Å². The maximum atomic E-state index is 12.0. The topological polar surface area (TPSA) is 273 Å². The van der Waals surface area contributed by atoms with Crippen LogP contribution in [-0.2, 0) is 37.1 Å². The normalized spacial score (nSPS) is 24.7. The lowest BCUT2D eigenvalue weighted by Crippen LogP contribution is -2.39. The number of aromatic nitrogens is 4. The molecule has 0 amide bonds. The minimum Gasteiger partial charge on any atom is -0.388 e. The maximum Gasteiger partial charge on any atom is 0.488 e. The van der Waals surface area contributed by atoms with Crippen LogP contribution < -0.4 is 9.84 Å². The van der Waals surface area contributed by atoms with E-state index in [0.717, 1.165) is 23.7 Å². The largest absolute Gasteiger partial charge is 0.488 e. The minimum atomic E-state index is -5.61. The molecule has 1 saturated heterocycles. The van der Waals surface area contributed by atoms with Crippen molar-refractivity contribution < 1.29 is 60.2 Å². The van der Waals surface area contributed by atoms with Crippen LogP contribution >= 0.6 is 23.2 Å². The van der Waals surface area contributed by atoms with Crippen molar-refractivity contribution in [3.05, 3.63) is 24.5 Å². The molecule has 0 aromatic carbocycles. The van der Waals surface area contributed by atoms with Crippen molar-refractivity contribution in [2.24, 2.45) is 0 Å². The van der Waals surface area contributed by atoms with Crippen LogP contribution in [0.1, 0.15) is 12.6 Å². The molecule has 0 radical (unpaired) electrons. The molecule has 3 heterocycles. The van der Waals surface area contributed by atoms with Crippen LogP contribution in [0.25, 0.3) is 11.2 Å². The molecule has 202 valence electrons. The Morgan fingerprint density at radius 3 is 2.47 bits per heavy atom. The number of imidazole rings is 1. The van der Waals surface area contributed by atoms with E-state index in [1.807, 2.05) is 0 Å². The van der Waals surface area contributed by atoms with E-state index in [1.165, 1.54) is 17.9 Å². The third kappa shape index (κ3) is 7.69. The first-order valence-electron chi connectivity index (χ1n) is 9.41. The lowest BCUT2D eigenvalue weighted by atomic mass is 10.2. The van der Waals surface area contributed by atoms with Gasteiger partial charge in [0.15, 0.2) is 23.2 Å². The molecule has 3 rings (SSSR count). The van der Waals surface area contributed by atoms with Crippen molar-refractivity contribution in [3.63, 3.8) is 0 Å². The summed E-state index contributed by atoms with van der Waals surface area (Å²) in [6.07, 6.45) is 0.805. The van der Waals surface area contributed by atoms with E-state index < -0.39 is 51.7 Å². The second-order valence-electron chi connectivity index (χ2n) is 7.34. The zero-order chi connectivity index (χ0) is 27.1. The maximum absolute atomic E-state index is 12.0. The first kappa shape index (κ1) is 28.9. The lowest BCUT2D eigenvalue weighted by molar-refractivity contribution is -0.0227. The summed E-state index contributed by atoms with van der Waals surface area (Å²) in [5, 5.41) is 11.6. The third-order valence-electron chi connectivity index (χ3n) is 4.27. The van der Waals surface area contributed by atoms with E-state index in [-0.39, 0.29) is 23.4 Å². The summed E-state index contributed by atoms with van der Waals surface area (Å²) in [4.78, 5) is 50.5. The molecule has 2 aromatic heterocycles. The molecule has 1 aliphatic heterocycles. The number of ether oxygens (including phenoxy) is 1. The molecule has 36 heavy (non-hydrogen) atoms. The molecule has 2 aromatic rings. The van der Waals surface area contributed by atoms with Crippen LogP contribution in [0.2, 0.25) is 0 Å². The minimum absolute atomic E-state index is 0.0948. The molecule has 0 saturated carbocycles. The number of rotatable bonds is 10. The first-order valence-corrected chi connectivity index (χ1v) is 16.0. The van der Waals surface area contributed by atoms with Crippen molar-refractivity contribution in [1.82, 2.24) is 24.4 Å². The number of nitrogens with zero attached hydrogens (tertiary/aromatic N) is 5. The summed E-state index contributed by atoms with van der Waals surface area (Å²) in [5.74, 6) is 0.522. The van der Waals surface area contributed by atoms with Gasteiger partial charge in [-0.2, -0.15) is 4.31 Å².